The number of hydrogen-bond donors (Lipinski definition) is 4. The predicted molar refractivity (Wildman–Crippen MR) is 157 cm³/mol. The third-order valence-corrected chi connectivity index (χ3v) is 6.28. The average molecular weight is 610 g/mol. The zero-order chi connectivity index (χ0) is 33.3. The van der Waals surface area contributed by atoms with E-state index in [1.807, 2.05) is 26.1 Å². The Balaban J connectivity index is 3.09. The van der Waals surface area contributed by atoms with Gasteiger partial charge in [-0.05, 0) is 23.3 Å². The molecule has 0 radical (unpaired) electrons. The Kier molecular flexibility index (Phi) is 13.0. The van der Waals surface area contributed by atoms with Crippen LogP contribution >= 0.6 is 0 Å². The van der Waals surface area contributed by atoms with Gasteiger partial charge in [-0.3, -0.25) is 28.8 Å². The van der Waals surface area contributed by atoms with Gasteiger partial charge in [0, 0.05) is 27.1 Å². The van der Waals surface area contributed by atoms with Gasteiger partial charge in [0.2, 0.25) is 29.4 Å². The normalized spacial score (nSPS) is 14.0. The fourth-order valence-corrected chi connectivity index (χ4v) is 3.84. The molecule has 43 heavy (non-hydrogen) atoms. The Morgan fingerprint density at radius 2 is 1.40 bits per heavy atom. The first-order valence-electron chi connectivity index (χ1n) is 13.9. The molecular weight excluding hydrogens is 564 g/mol. The van der Waals surface area contributed by atoms with Crippen LogP contribution < -0.4 is 21.3 Å². The fraction of sp³-hybridized carbons (Fsp3) is 0.600. The lowest BCUT2D eigenvalue weighted by Crippen LogP contribution is -2.60. The molecule has 0 saturated carbocycles. The number of alkyl halides is 2. The van der Waals surface area contributed by atoms with Crippen LogP contribution in [0.4, 0.5) is 8.78 Å². The smallest absolute Gasteiger partial charge is 0.349 e. The minimum absolute atomic E-state index is 0.114. The lowest BCUT2D eigenvalue weighted by Gasteiger charge is -2.33. The maximum absolute atomic E-state index is 14.7. The van der Waals surface area contributed by atoms with Crippen LogP contribution in [0.25, 0.3) is 0 Å². The van der Waals surface area contributed by atoms with Crippen molar-refractivity contribution in [3.63, 3.8) is 0 Å². The molecule has 0 aliphatic heterocycles. The summed E-state index contributed by atoms with van der Waals surface area (Å²) < 4.78 is 29.5. The summed E-state index contributed by atoms with van der Waals surface area (Å²) >= 11 is 0. The fourth-order valence-electron chi connectivity index (χ4n) is 3.84. The van der Waals surface area contributed by atoms with Crippen LogP contribution in [-0.2, 0) is 35.3 Å². The van der Waals surface area contributed by atoms with Crippen LogP contribution in [0.5, 0.6) is 0 Å². The maximum atomic E-state index is 14.7. The quantitative estimate of drug-likeness (QED) is 0.251. The van der Waals surface area contributed by atoms with E-state index in [2.05, 4.69) is 16.0 Å². The molecule has 0 unspecified atom stereocenters. The SMILES string of the molecule is C[C@H](NC(=O)[C@H](CC(=O)N(C)C)NC(=O)[C@@H](NC(=O)CC(C)(C)C)C(C)(C)C)C(=O)C(F)(F)C(=O)NCc1ccccc1. The van der Waals surface area contributed by atoms with E-state index in [4.69, 9.17) is 0 Å². The average Bonchev–Trinajstić information content (AvgIpc) is 2.87. The molecule has 0 aromatic heterocycles. The van der Waals surface area contributed by atoms with Crippen molar-refractivity contribution in [2.75, 3.05) is 14.1 Å². The Morgan fingerprint density at radius 3 is 1.88 bits per heavy atom. The molecule has 11 nitrogen and oxygen atoms in total. The van der Waals surface area contributed by atoms with Crippen molar-refractivity contribution in [3.05, 3.63) is 35.9 Å². The molecule has 0 saturated heterocycles. The lowest BCUT2D eigenvalue weighted by atomic mass is 9.85. The number of carbonyl (C=O) groups excluding carboxylic acids is 6. The van der Waals surface area contributed by atoms with E-state index < -0.39 is 71.2 Å². The zero-order valence-corrected chi connectivity index (χ0v) is 26.4. The summed E-state index contributed by atoms with van der Waals surface area (Å²) in [7, 11) is 2.84. The summed E-state index contributed by atoms with van der Waals surface area (Å²) in [4.78, 5) is 77.5. The highest BCUT2D eigenvalue weighted by Crippen LogP contribution is 2.23. The Bertz CT molecular complexity index is 1180. The van der Waals surface area contributed by atoms with E-state index in [1.54, 1.807) is 51.1 Å². The highest BCUT2D eigenvalue weighted by Gasteiger charge is 2.49. The van der Waals surface area contributed by atoms with E-state index in [0.717, 1.165) is 6.92 Å². The first kappa shape index (κ1) is 37.1. The molecule has 0 heterocycles. The van der Waals surface area contributed by atoms with Gasteiger partial charge in [0.1, 0.15) is 12.1 Å². The third kappa shape index (κ3) is 12.1. The Labute approximate surface area is 251 Å². The second kappa shape index (κ2) is 15.0. The molecule has 1 aromatic rings. The summed E-state index contributed by atoms with van der Waals surface area (Å²) in [5, 5.41) is 9.20. The van der Waals surface area contributed by atoms with Gasteiger partial charge in [-0.1, -0.05) is 71.9 Å². The van der Waals surface area contributed by atoms with E-state index in [-0.39, 0.29) is 18.4 Å². The highest BCUT2D eigenvalue weighted by atomic mass is 19.3. The Morgan fingerprint density at radius 1 is 0.837 bits per heavy atom. The number of Topliss-reactive ketones (excluding diaryl/α,β-unsaturated/α-hetero) is 1. The number of nitrogens with one attached hydrogen (secondary N) is 4. The Hall–Kier alpha value is -3.90. The number of hydrogen-bond acceptors (Lipinski definition) is 6. The van der Waals surface area contributed by atoms with Gasteiger partial charge >= 0.3 is 5.92 Å². The van der Waals surface area contributed by atoms with Gasteiger partial charge in [0.25, 0.3) is 5.91 Å². The number of ketones is 1. The number of nitrogens with zero attached hydrogens (tertiary/aromatic N) is 1. The summed E-state index contributed by atoms with van der Waals surface area (Å²) in [6, 6.07) is 3.67. The van der Waals surface area contributed by atoms with Crippen LogP contribution in [-0.4, -0.2) is 78.4 Å². The number of halogens is 2. The predicted octanol–water partition coefficient (Wildman–Crippen LogP) is 1.94. The molecule has 0 aliphatic carbocycles. The summed E-state index contributed by atoms with van der Waals surface area (Å²) in [6.45, 7) is 11.4. The highest BCUT2D eigenvalue weighted by molar-refractivity contribution is 6.10. The maximum Gasteiger partial charge on any atom is 0.383 e. The van der Waals surface area contributed by atoms with Gasteiger partial charge in [0.05, 0.1) is 12.5 Å². The third-order valence-electron chi connectivity index (χ3n) is 6.28. The standard InChI is InChI=1S/C30H45F2N5O6/c1-18(24(40)30(31,32)27(43)33-17-19-13-11-10-12-14-19)34-25(41)20(15-22(39)37(8)9)35-26(42)23(29(5,6)7)36-21(38)16-28(2,3)4/h10-14,18,20,23H,15-17H2,1-9H3,(H,33,43)(H,34,41)(H,35,42)(H,36,38)/t18-,20-,23+/m0/s1. The van der Waals surface area contributed by atoms with Crippen molar-refractivity contribution in [3.8, 4) is 0 Å². The second-order valence-electron chi connectivity index (χ2n) is 13.0. The number of amides is 5. The molecule has 1 aromatic carbocycles. The molecule has 13 heteroatoms. The lowest BCUT2D eigenvalue weighted by molar-refractivity contribution is -0.160. The van der Waals surface area contributed by atoms with Crippen molar-refractivity contribution >= 4 is 35.3 Å². The van der Waals surface area contributed by atoms with Crippen molar-refractivity contribution in [2.45, 2.75) is 91.9 Å². The first-order chi connectivity index (χ1) is 19.6. The van der Waals surface area contributed by atoms with Gasteiger partial charge in [0.15, 0.2) is 0 Å². The van der Waals surface area contributed by atoms with Crippen LogP contribution in [0.2, 0.25) is 0 Å². The first-order valence-corrected chi connectivity index (χ1v) is 13.9. The van der Waals surface area contributed by atoms with Gasteiger partial charge in [-0.25, -0.2) is 0 Å². The molecule has 0 bridgehead atoms. The molecule has 5 amide bonds. The monoisotopic (exact) mass is 609 g/mol. The van der Waals surface area contributed by atoms with Crippen LogP contribution in [0.1, 0.15) is 66.9 Å². The van der Waals surface area contributed by atoms with Gasteiger partial charge in [-0.2, -0.15) is 8.78 Å². The molecule has 3 atom stereocenters. The minimum Gasteiger partial charge on any atom is -0.349 e. The number of benzene rings is 1. The second-order valence-corrected chi connectivity index (χ2v) is 13.0. The molecule has 0 spiro atoms. The molecule has 1 rings (SSSR count). The molecule has 4 N–H and O–H groups in total. The van der Waals surface area contributed by atoms with Crippen LogP contribution in [0.15, 0.2) is 30.3 Å². The summed E-state index contributed by atoms with van der Waals surface area (Å²) in [6.07, 6.45) is -0.450. The largest absolute Gasteiger partial charge is 0.383 e. The molecule has 240 valence electrons. The van der Waals surface area contributed by atoms with Crippen molar-refractivity contribution in [1.82, 2.24) is 26.2 Å². The zero-order valence-electron chi connectivity index (χ0n) is 26.4. The number of rotatable bonds is 13. The van der Waals surface area contributed by atoms with E-state index in [1.165, 1.54) is 19.0 Å². The van der Waals surface area contributed by atoms with E-state index in [9.17, 15) is 37.5 Å². The summed E-state index contributed by atoms with van der Waals surface area (Å²) in [5.41, 5.74) is -0.650. The molecular formula is C30H45F2N5O6. The minimum atomic E-state index is -4.48. The van der Waals surface area contributed by atoms with Gasteiger partial charge < -0.3 is 26.2 Å². The molecule has 0 fully saturated rings. The van der Waals surface area contributed by atoms with Crippen LogP contribution in [0.3, 0.4) is 0 Å². The molecule has 0 aliphatic rings. The summed E-state index contributed by atoms with van der Waals surface area (Å²) in [5.74, 6) is -11.1. The van der Waals surface area contributed by atoms with Gasteiger partial charge in [-0.15, -0.1) is 0 Å². The van der Waals surface area contributed by atoms with Crippen molar-refractivity contribution < 1.29 is 37.5 Å². The van der Waals surface area contributed by atoms with E-state index >= 15 is 0 Å². The van der Waals surface area contributed by atoms with Crippen molar-refractivity contribution in [1.29, 1.82) is 0 Å². The van der Waals surface area contributed by atoms with Crippen molar-refractivity contribution in [2.24, 2.45) is 10.8 Å². The van der Waals surface area contributed by atoms with Crippen LogP contribution in [0, 0.1) is 10.8 Å². The van der Waals surface area contributed by atoms with E-state index in [0.29, 0.717) is 5.56 Å². The topological polar surface area (TPSA) is 154 Å². The number of carbonyl (C=O) groups is 6.